The number of rotatable bonds is 3. The molecule has 1 aromatic rings. The lowest BCUT2D eigenvalue weighted by atomic mass is 9.85. The fraction of sp³-hybridized carbons (Fsp3) is 0.500. The normalized spacial score (nSPS) is 17.7. The van der Waals surface area contributed by atoms with Crippen LogP contribution in [0.4, 0.5) is 5.69 Å². The third kappa shape index (κ3) is 2.45. The minimum atomic E-state index is -0.352. The molecule has 3 N–H and O–H groups in total. The van der Waals surface area contributed by atoms with Crippen molar-refractivity contribution >= 4 is 27.5 Å². The topological polar surface area (TPSA) is 55.1 Å². The summed E-state index contributed by atoms with van der Waals surface area (Å²) in [4.78, 5) is 12.4. The molecule has 0 atom stereocenters. The van der Waals surface area contributed by atoms with Gasteiger partial charge in [-0.25, -0.2) is 0 Å². The molecule has 0 heterocycles. The summed E-state index contributed by atoms with van der Waals surface area (Å²) in [5, 5.41) is 3.04. The smallest absolute Gasteiger partial charge is 0.231 e. The van der Waals surface area contributed by atoms with Gasteiger partial charge in [0.15, 0.2) is 0 Å². The van der Waals surface area contributed by atoms with Crippen molar-refractivity contribution < 1.29 is 4.79 Å². The summed E-state index contributed by atoms with van der Waals surface area (Å²) in [7, 11) is 0. The number of benzene rings is 1. The number of halogens is 1. The highest BCUT2D eigenvalue weighted by Gasteiger charge is 2.39. The lowest BCUT2D eigenvalue weighted by Crippen LogP contribution is -2.40. The van der Waals surface area contributed by atoms with Crippen LogP contribution in [0.3, 0.4) is 0 Å². The van der Waals surface area contributed by atoms with Crippen LogP contribution in [0, 0.1) is 12.3 Å². The van der Waals surface area contributed by atoms with E-state index in [1.54, 1.807) is 0 Å². The minimum absolute atomic E-state index is 0.0729. The maximum absolute atomic E-state index is 12.4. The Balaban J connectivity index is 2.18. The standard InChI is InChI=1S/C14H19BrN2O/c1-10-11(15)5-4-6-12(10)17-13(18)14(9-16)7-2-3-8-14/h4-6H,2-3,7-9,16H2,1H3,(H,17,18). The average molecular weight is 311 g/mol. The number of anilines is 1. The summed E-state index contributed by atoms with van der Waals surface area (Å²) in [5.41, 5.74) is 7.39. The Bertz CT molecular complexity index is 453. The van der Waals surface area contributed by atoms with Gasteiger partial charge in [-0.3, -0.25) is 4.79 Å². The molecule has 1 aliphatic carbocycles. The fourth-order valence-corrected chi connectivity index (χ4v) is 2.94. The predicted molar refractivity (Wildman–Crippen MR) is 77.5 cm³/mol. The molecule has 1 amide bonds. The zero-order chi connectivity index (χ0) is 13.2. The molecule has 0 spiro atoms. The second-order valence-corrected chi connectivity index (χ2v) is 5.91. The van der Waals surface area contributed by atoms with Crippen LogP contribution in [0.2, 0.25) is 0 Å². The Labute approximate surface area is 116 Å². The zero-order valence-corrected chi connectivity index (χ0v) is 12.2. The van der Waals surface area contributed by atoms with Crippen LogP contribution >= 0.6 is 15.9 Å². The van der Waals surface area contributed by atoms with Crippen molar-refractivity contribution in [2.45, 2.75) is 32.6 Å². The maximum Gasteiger partial charge on any atom is 0.231 e. The van der Waals surface area contributed by atoms with Crippen LogP contribution in [0.15, 0.2) is 22.7 Å². The molecule has 1 aliphatic rings. The lowest BCUT2D eigenvalue weighted by Gasteiger charge is -2.26. The minimum Gasteiger partial charge on any atom is -0.329 e. The molecule has 1 aromatic carbocycles. The van der Waals surface area contributed by atoms with Gasteiger partial charge in [0, 0.05) is 16.7 Å². The van der Waals surface area contributed by atoms with Crippen molar-refractivity contribution in [1.29, 1.82) is 0 Å². The van der Waals surface area contributed by atoms with Gasteiger partial charge in [-0.2, -0.15) is 0 Å². The molecule has 4 heteroatoms. The van der Waals surface area contributed by atoms with Crippen molar-refractivity contribution in [2.75, 3.05) is 11.9 Å². The molecular weight excluding hydrogens is 292 g/mol. The molecule has 0 aliphatic heterocycles. The molecule has 0 radical (unpaired) electrons. The van der Waals surface area contributed by atoms with E-state index in [9.17, 15) is 4.79 Å². The Kier molecular flexibility index (Phi) is 4.07. The zero-order valence-electron chi connectivity index (χ0n) is 10.6. The van der Waals surface area contributed by atoms with Crippen LogP contribution in [0.25, 0.3) is 0 Å². The van der Waals surface area contributed by atoms with Gasteiger partial charge < -0.3 is 11.1 Å². The number of hydrogen-bond acceptors (Lipinski definition) is 2. The summed E-state index contributed by atoms with van der Waals surface area (Å²) in [5.74, 6) is 0.0729. The molecule has 1 saturated carbocycles. The molecule has 0 unspecified atom stereocenters. The molecule has 0 saturated heterocycles. The molecule has 0 bridgehead atoms. The monoisotopic (exact) mass is 310 g/mol. The van der Waals surface area contributed by atoms with E-state index >= 15 is 0 Å². The number of carbonyl (C=O) groups excluding carboxylic acids is 1. The SMILES string of the molecule is Cc1c(Br)cccc1NC(=O)C1(CN)CCCC1. The summed E-state index contributed by atoms with van der Waals surface area (Å²) >= 11 is 3.47. The Morgan fingerprint density at radius 1 is 1.44 bits per heavy atom. The first-order chi connectivity index (χ1) is 8.59. The summed E-state index contributed by atoms with van der Waals surface area (Å²) in [6, 6.07) is 5.83. The van der Waals surface area contributed by atoms with Gasteiger partial charge in [-0.1, -0.05) is 34.8 Å². The van der Waals surface area contributed by atoms with Crippen LogP contribution < -0.4 is 11.1 Å². The Morgan fingerprint density at radius 3 is 2.72 bits per heavy atom. The summed E-state index contributed by atoms with van der Waals surface area (Å²) in [6.07, 6.45) is 4.01. The van der Waals surface area contributed by atoms with E-state index < -0.39 is 0 Å². The first kappa shape index (κ1) is 13.6. The number of nitrogens with one attached hydrogen (secondary N) is 1. The second-order valence-electron chi connectivity index (χ2n) is 5.06. The van der Waals surface area contributed by atoms with Crippen molar-refractivity contribution in [2.24, 2.45) is 11.1 Å². The van der Waals surface area contributed by atoms with E-state index in [-0.39, 0.29) is 11.3 Å². The van der Waals surface area contributed by atoms with Gasteiger partial charge in [-0.05, 0) is 37.5 Å². The van der Waals surface area contributed by atoms with Gasteiger partial charge in [0.1, 0.15) is 0 Å². The van der Waals surface area contributed by atoms with E-state index in [0.717, 1.165) is 41.4 Å². The third-order valence-electron chi connectivity index (χ3n) is 3.95. The maximum atomic E-state index is 12.4. The molecule has 98 valence electrons. The van der Waals surface area contributed by atoms with E-state index in [4.69, 9.17) is 5.73 Å². The Morgan fingerprint density at radius 2 is 2.11 bits per heavy atom. The highest BCUT2D eigenvalue weighted by Crippen LogP contribution is 2.38. The number of hydrogen-bond donors (Lipinski definition) is 2. The van der Waals surface area contributed by atoms with Gasteiger partial charge in [0.05, 0.1) is 5.41 Å². The number of amides is 1. The Hall–Kier alpha value is -0.870. The van der Waals surface area contributed by atoms with E-state index in [0.29, 0.717) is 6.54 Å². The quantitative estimate of drug-likeness (QED) is 0.900. The third-order valence-corrected chi connectivity index (χ3v) is 4.81. The van der Waals surface area contributed by atoms with Crippen molar-refractivity contribution in [1.82, 2.24) is 0 Å². The fourth-order valence-electron chi connectivity index (χ4n) is 2.57. The number of carbonyl (C=O) groups is 1. The van der Waals surface area contributed by atoms with Crippen molar-refractivity contribution in [3.05, 3.63) is 28.2 Å². The van der Waals surface area contributed by atoms with Crippen LogP contribution in [0.5, 0.6) is 0 Å². The first-order valence-corrected chi connectivity index (χ1v) is 7.15. The van der Waals surface area contributed by atoms with Crippen LogP contribution in [-0.4, -0.2) is 12.5 Å². The molecular formula is C14H19BrN2O. The van der Waals surface area contributed by atoms with Crippen molar-refractivity contribution in [3.8, 4) is 0 Å². The highest BCUT2D eigenvalue weighted by atomic mass is 79.9. The summed E-state index contributed by atoms with van der Waals surface area (Å²) < 4.78 is 1.01. The lowest BCUT2D eigenvalue weighted by molar-refractivity contribution is -0.124. The van der Waals surface area contributed by atoms with Crippen LogP contribution in [-0.2, 0) is 4.79 Å². The highest BCUT2D eigenvalue weighted by molar-refractivity contribution is 9.10. The molecule has 18 heavy (non-hydrogen) atoms. The number of nitrogens with two attached hydrogens (primary N) is 1. The first-order valence-electron chi connectivity index (χ1n) is 6.36. The largest absolute Gasteiger partial charge is 0.329 e. The van der Waals surface area contributed by atoms with E-state index in [1.807, 2.05) is 25.1 Å². The second kappa shape index (κ2) is 5.41. The molecule has 2 rings (SSSR count). The molecule has 3 nitrogen and oxygen atoms in total. The van der Waals surface area contributed by atoms with Gasteiger partial charge >= 0.3 is 0 Å². The summed E-state index contributed by atoms with van der Waals surface area (Å²) in [6.45, 7) is 2.43. The van der Waals surface area contributed by atoms with Crippen LogP contribution in [0.1, 0.15) is 31.2 Å². The van der Waals surface area contributed by atoms with Gasteiger partial charge in [-0.15, -0.1) is 0 Å². The van der Waals surface area contributed by atoms with Crippen molar-refractivity contribution in [3.63, 3.8) is 0 Å². The predicted octanol–water partition coefficient (Wildman–Crippen LogP) is 3.22. The van der Waals surface area contributed by atoms with Gasteiger partial charge in [0.2, 0.25) is 5.91 Å². The molecule has 0 aromatic heterocycles. The van der Waals surface area contributed by atoms with E-state index in [2.05, 4.69) is 21.2 Å². The average Bonchev–Trinajstić information content (AvgIpc) is 2.85. The van der Waals surface area contributed by atoms with Gasteiger partial charge in [0.25, 0.3) is 0 Å². The van der Waals surface area contributed by atoms with E-state index in [1.165, 1.54) is 0 Å². The molecule has 1 fully saturated rings.